The van der Waals surface area contributed by atoms with Crippen LogP contribution in [0, 0.1) is 13.8 Å². The maximum Gasteiger partial charge on any atom is 0.417 e. The van der Waals surface area contributed by atoms with E-state index in [0.717, 1.165) is 72.2 Å². The van der Waals surface area contributed by atoms with Gasteiger partial charge in [-0.25, -0.2) is 0 Å². The number of aliphatic hydroxyl groups excluding tert-OH is 1. The summed E-state index contributed by atoms with van der Waals surface area (Å²) >= 11 is 0. The molecular formula is C42H47F3N4O3. The Balaban J connectivity index is 1.22. The second-order valence-corrected chi connectivity index (χ2v) is 14.1. The third kappa shape index (κ3) is 8.57. The number of nitrogens with one attached hydrogen (secondary N) is 1. The second-order valence-electron chi connectivity index (χ2n) is 14.1. The number of benzene rings is 3. The molecule has 10 heteroatoms. The normalized spacial score (nSPS) is 18.6. The maximum absolute atomic E-state index is 14.5. The number of amides is 1. The topological polar surface area (TPSA) is 77.9 Å². The van der Waals surface area contributed by atoms with Crippen molar-refractivity contribution in [3.05, 3.63) is 111 Å². The molecule has 0 unspecified atom stereocenters. The number of piperidine rings is 1. The van der Waals surface area contributed by atoms with E-state index in [9.17, 15) is 23.1 Å². The van der Waals surface area contributed by atoms with E-state index in [0.29, 0.717) is 48.4 Å². The highest BCUT2D eigenvalue weighted by molar-refractivity contribution is 6.03. The van der Waals surface area contributed by atoms with Gasteiger partial charge in [0.1, 0.15) is 11.4 Å². The van der Waals surface area contributed by atoms with Gasteiger partial charge in [-0.05, 0) is 110 Å². The highest BCUT2D eigenvalue weighted by Crippen LogP contribution is 2.39. The van der Waals surface area contributed by atoms with E-state index in [1.807, 2.05) is 56.3 Å². The predicted molar refractivity (Wildman–Crippen MR) is 200 cm³/mol. The van der Waals surface area contributed by atoms with Gasteiger partial charge in [0.15, 0.2) is 0 Å². The molecular weight excluding hydrogens is 665 g/mol. The van der Waals surface area contributed by atoms with E-state index in [1.165, 1.54) is 25.3 Å². The Labute approximate surface area is 304 Å². The number of anilines is 1. The number of methoxy groups -OCH3 is 1. The lowest BCUT2D eigenvalue weighted by atomic mass is 9.92. The molecule has 2 aliphatic rings. The smallest absolute Gasteiger partial charge is 0.417 e. The summed E-state index contributed by atoms with van der Waals surface area (Å²) < 4.78 is 49.0. The zero-order valence-corrected chi connectivity index (χ0v) is 30.3. The molecule has 2 atom stereocenters. The number of rotatable bonds is 10. The molecule has 0 spiro atoms. The Morgan fingerprint density at radius 3 is 2.38 bits per heavy atom. The summed E-state index contributed by atoms with van der Waals surface area (Å²) in [7, 11) is 1.50. The van der Waals surface area contributed by atoms with E-state index in [1.54, 1.807) is 18.3 Å². The van der Waals surface area contributed by atoms with Gasteiger partial charge in [-0.2, -0.15) is 13.2 Å². The average Bonchev–Trinajstić information content (AvgIpc) is 3.53. The summed E-state index contributed by atoms with van der Waals surface area (Å²) in [5.74, 6) is 0.114. The number of carbonyl (C=O) groups is 1. The Hall–Kier alpha value is -4.51. The Morgan fingerprint density at radius 2 is 1.71 bits per heavy atom. The minimum Gasteiger partial charge on any atom is -0.496 e. The molecule has 6 rings (SSSR count). The van der Waals surface area contributed by atoms with Gasteiger partial charge in [0.2, 0.25) is 0 Å². The molecule has 274 valence electrons. The molecule has 0 saturated carbocycles. The highest BCUT2D eigenvalue weighted by atomic mass is 19.4. The van der Waals surface area contributed by atoms with Crippen LogP contribution in [0.2, 0.25) is 0 Å². The maximum atomic E-state index is 14.5. The summed E-state index contributed by atoms with van der Waals surface area (Å²) in [5, 5.41) is 12.8. The van der Waals surface area contributed by atoms with E-state index < -0.39 is 11.7 Å². The first-order valence-electron chi connectivity index (χ1n) is 18.0. The predicted octanol–water partition coefficient (Wildman–Crippen LogP) is 8.76. The van der Waals surface area contributed by atoms with Crippen LogP contribution in [0.15, 0.2) is 66.9 Å². The lowest BCUT2D eigenvalue weighted by Gasteiger charge is -2.33. The summed E-state index contributed by atoms with van der Waals surface area (Å²) in [5.41, 5.74) is 6.13. The van der Waals surface area contributed by atoms with Gasteiger partial charge in [0.25, 0.3) is 5.91 Å². The second kappa shape index (κ2) is 16.0. The van der Waals surface area contributed by atoms with Crippen molar-refractivity contribution < 1.29 is 27.8 Å². The first-order valence-corrected chi connectivity index (χ1v) is 18.0. The minimum absolute atomic E-state index is 0.0435. The first kappa shape index (κ1) is 37.3. The van der Waals surface area contributed by atoms with E-state index in [-0.39, 0.29) is 17.6 Å². The number of hydrogen-bond acceptors (Lipinski definition) is 6. The van der Waals surface area contributed by atoms with Crippen LogP contribution in [0.5, 0.6) is 5.75 Å². The number of hydrogen-bond donors (Lipinski definition) is 2. The molecule has 52 heavy (non-hydrogen) atoms. The number of aromatic nitrogens is 1. The van der Waals surface area contributed by atoms with E-state index in [4.69, 9.17) is 4.74 Å². The van der Waals surface area contributed by atoms with Crippen molar-refractivity contribution in [3.63, 3.8) is 0 Å². The molecule has 7 nitrogen and oxygen atoms in total. The molecule has 2 N–H and O–H groups in total. The number of halogens is 3. The van der Waals surface area contributed by atoms with Crippen LogP contribution in [0.1, 0.15) is 82.0 Å². The summed E-state index contributed by atoms with van der Waals surface area (Å²) in [6, 6.07) is 18.1. The van der Waals surface area contributed by atoms with Crippen LogP contribution in [-0.2, 0) is 19.3 Å². The first-order chi connectivity index (χ1) is 24.9. The molecule has 0 radical (unpaired) electrons. The molecule has 2 aliphatic heterocycles. The third-order valence-corrected chi connectivity index (χ3v) is 10.5. The van der Waals surface area contributed by atoms with Crippen molar-refractivity contribution in [1.29, 1.82) is 0 Å². The number of pyridine rings is 1. The fraction of sp³-hybridized carbons (Fsp3) is 0.381. The zero-order valence-electron chi connectivity index (χ0n) is 30.3. The zero-order chi connectivity index (χ0) is 37.0. The number of carbonyl (C=O) groups excluding carboxylic acids is 1. The van der Waals surface area contributed by atoms with Crippen molar-refractivity contribution in [2.75, 3.05) is 32.1 Å². The van der Waals surface area contributed by atoms with E-state index in [2.05, 4.69) is 27.0 Å². The van der Waals surface area contributed by atoms with Crippen LogP contribution in [-0.4, -0.2) is 64.7 Å². The molecule has 0 bridgehead atoms. The van der Waals surface area contributed by atoms with Gasteiger partial charge in [0.05, 0.1) is 18.8 Å². The number of aliphatic hydroxyl groups is 1. The Kier molecular flexibility index (Phi) is 11.5. The standard InChI is InChI=1S/C42H47F3N4O3/c1-27-9-5-6-19-49(27)25-33-21-37(42(43,44)45)32(22-40(33)52-4)16-15-31-10-7-11-35(28(31)2)36-12-8-13-38(29(36)3)47-41(51)39-17-14-30(23-46-39)24-48-20-18-34(50)26-48/h7-8,10-17,21-23,27,34,50H,5-6,9,18-20,24-26H2,1-4H3,(H,47,51)/b16-15+/t27-,34-/m1/s1. The minimum atomic E-state index is -4.54. The number of likely N-dealkylation sites (tertiary alicyclic amines) is 2. The van der Waals surface area contributed by atoms with Crippen molar-refractivity contribution >= 4 is 23.7 Å². The molecule has 3 heterocycles. The van der Waals surface area contributed by atoms with E-state index >= 15 is 0 Å². The summed E-state index contributed by atoms with van der Waals surface area (Å²) in [4.78, 5) is 22.0. The largest absolute Gasteiger partial charge is 0.496 e. The number of β-amino-alcohol motifs (C(OH)–C–C–N with tert-alkyl or cyclic N) is 1. The Morgan fingerprint density at radius 1 is 0.962 bits per heavy atom. The Bertz CT molecular complexity index is 1930. The van der Waals surface area contributed by atoms with Gasteiger partial charge in [0, 0.05) is 49.7 Å². The highest BCUT2D eigenvalue weighted by Gasteiger charge is 2.34. The van der Waals surface area contributed by atoms with Gasteiger partial charge < -0.3 is 15.2 Å². The quantitative estimate of drug-likeness (QED) is 0.160. The van der Waals surface area contributed by atoms with Crippen molar-refractivity contribution in [2.24, 2.45) is 0 Å². The van der Waals surface area contributed by atoms with Gasteiger partial charge >= 0.3 is 6.18 Å². The molecule has 4 aromatic rings. The van der Waals surface area contributed by atoms with Gasteiger partial charge in [-0.15, -0.1) is 0 Å². The lowest BCUT2D eigenvalue weighted by Crippen LogP contribution is -2.36. The number of ether oxygens (including phenoxy) is 1. The fourth-order valence-corrected chi connectivity index (χ4v) is 7.37. The SMILES string of the molecule is COc1cc(/C=C/c2cccc(-c3cccc(NC(=O)c4ccc(CN5CC[C@@H](O)C5)cn4)c3C)c2C)c(C(F)(F)F)cc1CN1CCCC[C@H]1C. The number of alkyl halides is 3. The van der Waals surface area contributed by atoms with Gasteiger partial charge in [-0.1, -0.05) is 55.0 Å². The third-order valence-electron chi connectivity index (χ3n) is 10.5. The summed E-state index contributed by atoms with van der Waals surface area (Å²) in [6.45, 7) is 9.41. The van der Waals surface area contributed by atoms with Crippen molar-refractivity contribution in [1.82, 2.24) is 14.8 Å². The van der Waals surface area contributed by atoms with Crippen LogP contribution >= 0.6 is 0 Å². The average molecular weight is 713 g/mol. The molecule has 3 aromatic carbocycles. The van der Waals surface area contributed by atoms with Crippen LogP contribution in [0.3, 0.4) is 0 Å². The lowest BCUT2D eigenvalue weighted by molar-refractivity contribution is -0.137. The van der Waals surface area contributed by atoms with Crippen molar-refractivity contribution in [2.45, 2.75) is 77.9 Å². The monoisotopic (exact) mass is 712 g/mol. The summed E-state index contributed by atoms with van der Waals surface area (Å²) in [6.07, 6.45) is 4.07. The van der Waals surface area contributed by atoms with Crippen LogP contribution in [0.25, 0.3) is 23.3 Å². The molecule has 2 saturated heterocycles. The van der Waals surface area contributed by atoms with Crippen LogP contribution in [0.4, 0.5) is 18.9 Å². The van der Waals surface area contributed by atoms with Crippen molar-refractivity contribution in [3.8, 4) is 16.9 Å². The van der Waals surface area contributed by atoms with Gasteiger partial charge in [-0.3, -0.25) is 19.6 Å². The molecule has 0 aliphatic carbocycles. The fourth-order valence-electron chi connectivity index (χ4n) is 7.37. The molecule has 1 amide bonds. The number of nitrogens with zero attached hydrogens (tertiary/aromatic N) is 3. The molecule has 2 fully saturated rings. The molecule has 1 aromatic heterocycles. The van der Waals surface area contributed by atoms with Crippen LogP contribution < -0.4 is 10.1 Å².